The summed E-state index contributed by atoms with van der Waals surface area (Å²) < 4.78 is 1.43. The van der Waals surface area contributed by atoms with Crippen LogP contribution in [0.25, 0.3) is 0 Å². The maximum absolute atomic E-state index is 12.8. The van der Waals surface area contributed by atoms with E-state index in [0.29, 0.717) is 22.1 Å². The Morgan fingerprint density at radius 3 is 2.23 bits per heavy atom. The van der Waals surface area contributed by atoms with Crippen LogP contribution in [0.4, 0.5) is 11.5 Å². The lowest BCUT2D eigenvalue weighted by molar-refractivity contribution is 0.102. The normalized spacial score (nSPS) is 12.8. The Hall–Kier alpha value is -3.65. The number of halogens is 1. The lowest BCUT2D eigenvalue weighted by Gasteiger charge is -2.33. The molecule has 3 aromatic rings. The summed E-state index contributed by atoms with van der Waals surface area (Å²) in [5, 5.41) is 18.4. The number of carbonyl (C=O) groups is 2. The van der Waals surface area contributed by atoms with Crippen molar-refractivity contribution in [3.05, 3.63) is 76.4 Å². The van der Waals surface area contributed by atoms with Crippen molar-refractivity contribution in [1.29, 1.82) is 5.41 Å². The molecule has 0 radical (unpaired) electrons. The molecule has 0 bridgehead atoms. The smallest absolute Gasteiger partial charge is 0.261 e. The van der Waals surface area contributed by atoms with Crippen LogP contribution in [-0.4, -0.2) is 45.4 Å². The van der Waals surface area contributed by atoms with Crippen molar-refractivity contribution in [3.63, 3.8) is 0 Å². The molecule has 4 rings (SSSR count). The number of benzene rings is 2. The van der Waals surface area contributed by atoms with E-state index in [1.165, 1.54) is 10.9 Å². The fourth-order valence-electron chi connectivity index (χ4n) is 3.17. The topological polar surface area (TPSA) is 103 Å². The Bertz CT molecular complexity index is 1130. The van der Waals surface area contributed by atoms with E-state index in [2.05, 4.69) is 15.7 Å². The molecular formula is C22H21ClN6O2. The third kappa shape index (κ3) is 4.44. The highest BCUT2D eigenvalue weighted by atomic mass is 35.5. The summed E-state index contributed by atoms with van der Waals surface area (Å²) in [5.41, 5.74) is 2.00. The van der Waals surface area contributed by atoms with Crippen LogP contribution in [0.3, 0.4) is 0 Å². The molecular weight excluding hydrogens is 416 g/mol. The lowest BCUT2D eigenvalue weighted by Crippen LogP contribution is -2.42. The average Bonchev–Trinajstić information content (AvgIpc) is 3.09. The zero-order chi connectivity index (χ0) is 22.0. The third-order valence-electron chi connectivity index (χ3n) is 5.11. The predicted octanol–water partition coefficient (Wildman–Crippen LogP) is 3.61. The fourth-order valence-corrected chi connectivity index (χ4v) is 3.29. The second-order valence-corrected chi connectivity index (χ2v) is 7.65. The van der Waals surface area contributed by atoms with Crippen LogP contribution < -0.4 is 10.6 Å². The van der Waals surface area contributed by atoms with E-state index in [4.69, 9.17) is 17.0 Å². The van der Waals surface area contributed by atoms with Gasteiger partial charge < -0.3 is 15.5 Å². The zero-order valence-electron chi connectivity index (χ0n) is 16.9. The number of amides is 2. The molecule has 31 heavy (non-hydrogen) atoms. The van der Waals surface area contributed by atoms with Gasteiger partial charge in [-0.2, -0.15) is 5.10 Å². The number of hydrogen-bond donors (Lipinski definition) is 3. The van der Waals surface area contributed by atoms with Crippen molar-refractivity contribution in [3.8, 4) is 0 Å². The van der Waals surface area contributed by atoms with E-state index in [-0.39, 0.29) is 17.3 Å². The first-order valence-electron chi connectivity index (χ1n) is 9.76. The van der Waals surface area contributed by atoms with E-state index < -0.39 is 5.91 Å². The minimum absolute atomic E-state index is 0.238. The largest absolute Gasteiger partial charge is 0.356 e. The highest BCUT2D eigenvalue weighted by Crippen LogP contribution is 2.20. The van der Waals surface area contributed by atoms with Gasteiger partial charge in [-0.3, -0.25) is 19.7 Å². The van der Waals surface area contributed by atoms with Gasteiger partial charge in [0, 0.05) is 42.0 Å². The van der Waals surface area contributed by atoms with Gasteiger partial charge >= 0.3 is 0 Å². The zero-order valence-corrected chi connectivity index (χ0v) is 17.6. The van der Waals surface area contributed by atoms with Gasteiger partial charge in [0.2, 0.25) is 0 Å². The first-order valence-corrected chi connectivity index (χ1v) is 10.1. The van der Waals surface area contributed by atoms with Gasteiger partial charge in [-0.15, -0.1) is 0 Å². The van der Waals surface area contributed by atoms with Crippen LogP contribution in [0.1, 0.15) is 32.7 Å². The number of carbonyl (C=O) groups excluding carboxylic acids is 2. The summed E-state index contributed by atoms with van der Waals surface area (Å²) in [6.45, 7) is 1.78. The molecule has 2 heterocycles. The molecule has 1 aliphatic heterocycles. The first-order chi connectivity index (χ1) is 14.9. The molecule has 0 atom stereocenters. The maximum atomic E-state index is 12.8. The highest BCUT2D eigenvalue weighted by Gasteiger charge is 2.21. The van der Waals surface area contributed by atoms with Gasteiger partial charge in [0.25, 0.3) is 11.8 Å². The minimum atomic E-state index is -0.399. The van der Waals surface area contributed by atoms with Crippen molar-refractivity contribution in [2.24, 2.45) is 7.05 Å². The van der Waals surface area contributed by atoms with Crippen molar-refractivity contribution < 1.29 is 9.59 Å². The Balaban J connectivity index is 1.47. The summed E-state index contributed by atoms with van der Waals surface area (Å²) in [7, 11) is 1.65. The Morgan fingerprint density at radius 1 is 0.968 bits per heavy atom. The fraction of sp³-hybridized carbons (Fsp3) is 0.182. The number of likely N-dealkylation sites (tertiary alicyclic amines) is 1. The number of anilines is 2. The number of hydrogen-bond acceptors (Lipinski definition) is 4. The van der Waals surface area contributed by atoms with Gasteiger partial charge in [-0.25, -0.2) is 0 Å². The maximum Gasteiger partial charge on any atom is 0.261 e. The van der Waals surface area contributed by atoms with E-state index >= 15 is 0 Å². The first kappa shape index (κ1) is 20.6. The van der Waals surface area contributed by atoms with Crippen LogP contribution in [-0.2, 0) is 7.05 Å². The predicted molar refractivity (Wildman–Crippen MR) is 120 cm³/mol. The number of rotatable bonds is 5. The van der Waals surface area contributed by atoms with Crippen LogP contribution in [0.2, 0.25) is 5.02 Å². The van der Waals surface area contributed by atoms with Crippen molar-refractivity contribution in [2.45, 2.75) is 6.42 Å². The van der Waals surface area contributed by atoms with E-state index in [1.54, 1.807) is 55.6 Å². The second-order valence-electron chi connectivity index (χ2n) is 7.21. The van der Waals surface area contributed by atoms with E-state index in [0.717, 1.165) is 25.1 Å². The van der Waals surface area contributed by atoms with E-state index in [9.17, 15) is 9.59 Å². The van der Waals surface area contributed by atoms with Crippen molar-refractivity contribution >= 4 is 40.8 Å². The Kier molecular flexibility index (Phi) is 5.73. The standard InChI is InChI=1S/C22H21ClN6O2/c1-28-20(18(13-25-28)22(31)26-17-9-7-16(23)8-10-17)27-21(30)15-5-3-14(4-6-15)19(24)29-11-2-12-29/h3-10,13,24H,2,11-12H2,1H3,(H,26,31)(H,27,30). The number of amidine groups is 1. The summed E-state index contributed by atoms with van der Waals surface area (Å²) in [6, 6.07) is 13.6. The molecule has 3 N–H and O–H groups in total. The van der Waals surface area contributed by atoms with Gasteiger partial charge in [0.1, 0.15) is 17.2 Å². The minimum Gasteiger partial charge on any atom is -0.356 e. The molecule has 1 aromatic heterocycles. The number of aromatic nitrogens is 2. The number of nitrogens with one attached hydrogen (secondary N) is 3. The molecule has 9 heteroatoms. The molecule has 2 aromatic carbocycles. The van der Waals surface area contributed by atoms with Crippen LogP contribution in [0.15, 0.2) is 54.7 Å². The SMILES string of the molecule is Cn1ncc(C(=O)Nc2ccc(Cl)cc2)c1NC(=O)c1ccc(C(=N)N2CCC2)cc1. The molecule has 0 aliphatic carbocycles. The number of nitrogens with zero attached hydrogens (tertiary/aromatic N) is 3. The third-order valence-corrected chi connectivity index (χ3v) is 5.36. The molecule has 0 unspecified atom stereocenters. The van der Waals surface area contributed by atoms with Gasteiger partial charge in [-0.05, 0) is 42.8 Å². The van der Waals surface area contributed by atoms with Crippen molar-refractivity contribution in [1.82, 2.24) is 14.7 Å². The summed E-state index contributed by atoms with van der Waals surface area (Å²) in [6.07, 6.45) is 2.50. The molecule has 1 aliphatic rings. The summed E-state index contributed by atoms with van der Waals surface area (Å²) in [4.78, 5) is 27.4. The number of aryl methyl sites for hydroxylation is 1. The second kappa shape index (κ2) is 8.61. The molecule has 2 amide bonds. The summed E-state index contributed by atoms with van der Waals surface area (Å²) in [5.74, 6) is -0.0184. The Morgan fingerprint density at radius 2 is 1.61 bits per heavy atom. The monoisotopic (exact) mass is 436 g/mol. The average molecular weight is 437 g/mol. The van der Waals surface area contributed by atoms with Gasteiger partial charge in [0.15, 0.2) is 0 Å². The molecule has 1 saturated heterocycles. The van der Waals surface area contributed by atoms with Crippen LogP contribution >= 0.6 is 11.6 Å². The molecule has 158 valence electrons. The Labute approximate surface area is 184 Å². The molecule has 0 spiro atoms. The van der Waals surface area contributed by atoms with Crippen molar-refractivity contribution in [2.75, 3.05) is 23.7 Å². The quantitative estimate of drug-likeness (QED) is 0.420. The van der Waals surface area contributed by atoms with Crippen LogP contribution in [0, 0.1) is 5.41 Å². The molecule has 0 saturated carbocycles. The molecule has 1 fully saturated rings. The van der Waals surface area contributed by atoms with E-state index in [1.807, 2.05) is 4.90 Å². The summed E-state index contributed by atoms with van der Waals surface area (Å²) >= 11 is 5.87. The molecule has 8 nitrogen and oxygen atoms in total. The lowest BCUT2D eigenvalue weighted by atomic mass is 10.1. The van der Waals surface area contributed by atoms with Gasteiger partial charge in [-0.1, -0.05) is 23.7 Å². The highest BCUT2D eigenvalue weighted by molar-refractivity contribution is 6.30. The van der Waals surface area contributed by atoms with Gasteiger partial charge in [0.05, 0.1) is 6.20 Å². The van der Waals surface area contributed by atoms with Crippen LogP contribution in [0.5, 0.6) is 0 Å².